The van der Waals surface area contributed by atoms with Crippen LogP contribution in [-0.4, -0.2) is 24.1 Å². The van der Waals surface area contributed by atoms with E-state index in [2.05, 4.69) is 9.88 Å². The maximum atomic E-state index is 5.73. The number of pyridine rings is 1. The molecular formula is C8H12N4. The number of nitrogens with zero attached hydrogens (tertiary/aromatic N) is 2. The number of hydrogen-bond donors (Lipinski definition) is 2. The highest BCUT2D eigenvalue weighted by molar-refractivity contribution is 5.63. The van der Waals surface area contributed by atoms with E-state index in [9.17, 15) is 0 Å². The standard InChI is InChI=1S/C8H12N4/c9-6-4-12(5-6)8-7(10)2-1-3-11-8/h1-3,6H,4-5,9-10H2. The lowest BCUT2D eigenvalue weighted by Gasteiger charge is -2.38. The average molecular weight is 164 g/mol. The van der Waals surface area contributed by atoms with E-state index >= 15 is 0 Å². The molecule has 1 saturated heterocycles. The predicted octanol–water partition coefficient (Wildman–Crippen LogP) is -0.189. The first-order valence-electron chi connectivity index (χ1n) is 3.98. The van der Waals surface area contributed by atoms with Gasteiger partial charge in [-0.25, -0.2) is 4.98 Å². The van der Waals surface area contributed by atoms with E-state index in [1.165, 1.54) is 0 Å². The van der Waals surface area contributed by atoms with E-state index in [0.29, 0.717) is 0 Å². The Hall–Kier alpha value is -1.29. The molecule has 0 aromatic carbocycles. The Morgan fingerprint density at radius 1 is 1.50 bits per heavy atom. The Labute approximate surface area is 71.2 Å². The van der Waals surface area contributed by atoms with Crippen LogP contribution in [0.3, 0.4) is 0 Å². The van der Waals surface area contributed by atoms with Crippen LogP contribution in [0.15, 0.2) is 18.3 Å². The van der Waals surface area contributed by atoms with E-state index in [1.807, 2.05) is 12.1 Å². The molecular weight excluding hydrogens is 152 g/mol. The Morgan fingerprint density at radius 2 is 2.25 bits per heavy atom. The second-order valence-electron chi connectivity index (χ2n) is 3.08. The molecule has 0 bridgehead atoms. The Morgan fingerprint density at radius 3 is 2.83 bits per heavy atom. The molecule has 4 heteroatoms. The summed E-state index contributed by atoms with van der Waals surface area (Å²) in [5.74, 6) is 0.860. The number of rotatable bonds is 1. The average Bonchev–Trinajstić information content (AvgIpc) is 2.01. The molecule has 0 saturated carbocycles. The van der Waals surface area contributed by atoms with Crippen molar-refractivity contribution < 1.29 is 0 Å². The predicted molar refractivity (Wildman–Crippen MR) is 48.8 cm³/mol. The van der Waals surface area contributed by atoms with Crippen LogP contribution in [0.4, 0.5) is 11.5 Å². The van der Waals surface area contributed by atoms with Gasteiger partial charge >= 0.3 is 0 Å². The first kappa shape index (κ1) is 7.36. The van der Waals surface area contributed by atoms with Crippen molar-refractivity contribution in [2.45, 2.75) is 6.04 Å². The van der Waals surface area contributed by atoms with Gasteiger partial charge in [-0.1, -0.05) is 0 Å². The Balaban J connectivity index is 2.18. The third-order valence-corrected chi connectivity index (χ3v) is 2.03. The van der Waals surface area contributed by atoms with Crippen molar-refractivity contribution in [1.82, 2.24) is 4.98 Å². The van der Waals surface area contributed by atoms with Crippen molar-refractivity contribution in [1.29, 1.82) is 0 Å². The minimum absolute atomic E-state index is 0.284. The van der Waals surface area contributed by atoms with E-state index in [4.69, 9.17) is 11.5 Å². The molecule has 4 N–H and O–H groups in total. The van der Waals surface area contributed by atoms with Gasteiger partial charge in [-0.3, -0.25) is 0 Å². The van der Waals surface area contributed by atoms with Crippen LogP contribution >= 0.6 is 0 Å². The maximum absolute atomic E-state index is 5.73. The van der Waals surface area contributed by atoms with E-state index in [-0.39, 0.29) is 6.04 Å². The maximum Gasteiger partial charge on any atom is 0.151 e. The highest BCUT2D eigenvalue weighted by Crippen LogP contribution is 2.22. The van der Waals surface area contributed by atoms with E-state index in [0.717, 1.165) is 24.6 Å². The number of aromatic nitrogens is 1. The molecule has 0 atom stereocenters. The summed E-state index contributed by atoms with van der Waals surface area (Å²) in [6.07, 6.45) is 1.75. The van der Waals surface area contributed by atoms with Gasteiger partial charge in [0.2, 0.25) is 0 Å². The largest absolute Gasteiger partial charge is 0.396 e. The summed E-state index contributed by atoms with van der Waals surface area (Å²) in [5.41, 5.74) is 12.1. The second-order valence-corrected chi connectivity index (χ2v) is 3.08. The van der Waals surface area contributed by atoms with E-state index in [1.54, 1.807) is 6.20 Å². The number of nitrogens with two attached hydrogens (primary N) is 2. The van der Waals surface area contributed by atoms with Crippen LogP contribution < -0.4 is 16.4 Å². The van der Waals surface area contributed by atoms with Crippen LogP contribution in [-0.2, 0) is 0 Å². The lowest BCUT2D eigenvalue weighted by Crippen LogP contribution is -2.56. The molecule has 4 nitrogen and oxygen atoms in total. The molecule has 1 aromatic heterocycles. The number of hydrogen-bond acceptors (Lipinski definition) is 4. The van der Waals surface area contributed by atoms with Crippen molar-refractivity contribution in [3.8, 4) is 0 Å². The summed E-state index contributed by atoms with van der Waals surface area (Å²) in [4.78, 5) is 6.26. The summed E-state index contributed by atoms with van der Waals surface area (Å²) in [6.45, 7) is 1.72. The van der Waals surface area contributed by atoms with Crippen LogP contribution in [0.2, 0.25) is 0 Å². The smallest absolute Gasteiger partial charge is 0.151 e. The summed E-state index contributed by atoms with van der Waals surface area (Å²) in [5, 5.41) is 0. The van der Waals surface area contributed by atoms with Gasteiger partial charge in [0.25, 0.3) is 0 Å². The highest BCUT2D eigenvalue weighted by atomic mass is 15.3. The second kappa shape index (κ2) is 2.64. The summed E-state index contributed by atoms with van der Waals surface area (Å²) in [7, 11) is 0. The fraction of sp³-hybridized carbons (Fsp3) is 0.375. The molecule has 0 amide bonds. The summed E-state index contributed by atoms with van der Waals surface area (Å²) in [6, 6.07) is 3.97. The molecule has 1 fully saturated rings. The van der Waals surface area contributed by atoms with Crippen molar-refractivity contribution >= 4 is 11.5 Å². The van der Waals surface area contributed by atoms with Crippen molar-refractivity contribution in [3.05, 3.63) is 18.3 Å². The summed E-state index contributed by atoms with van der Waals surface area (Å²) < 4.78 is 0. The Bertz CT molecular complexity index is 280. The number of nitrogen functional groups attached to an aromatic ring is 1. The van der Waals surface area contributed by atoms with Crippen molar-refractivity contribution in [2.75, 3.05) is 23.7 Å². The SMILES string of the molecule is Nc1cccnc1N1CC(N)C1. The minimum Gasteiger partial charge on any atom is -0.396 e. The Kier molecular flexibility index (Phi) is 1.62. The van der Waals surface area contributed by atoms with Gasteiger partial charge in [-0.05, 0) is 12.1 Å². The van der Waals surface area contributed by atoms with Crippen LogP contribution in [0.1, 0.15) is 0 Å². The molecule has 2 heterocycles. The van der Waals surface area contributed by atoms with Crippen LogP contribution in [0, 0.1) is 0 Å². The van der Waals surface area contributed by atoms with Gasteiger partial charge in [0, 0.05) is 25.3 Å². The van der Waals surface area contributed by atoms with E-state index < -0.39 is 0 Å². The molecule has 2 rings (SSSR count). The topological polar surface area (TPSA) is 68.2 Å². The fourth-order valence-electron chi connectivity index (χ4n) is 1.36. The lowest BCUT2D eigenvalue weighted by atomic mass is 10.1. The van der Waals surface area contributed by atoms with Gasteiger partial charge in [-0.2, -0.15) is 0 Å². The van der Waals surface area contributed by atoms with Crippen molar-refractivity contribution in [2.24, 2.45) is 5.73 Å². The molecule has 1 aliphatic rings. The van der Waals surface area contributed by atoms with Crippen LogP contribution in [0.25, 0.3) is 0 Å². The quantitative estimate of drug-likeness (QED) is 0.603. The summed E-state index contributed by atoms with van der Waals surface area (Å²) >= 11 is 0. The zero-order valence-electron chi connectivity index (χ0n) is 6.77. The molecule has 0 spiro atoms. The van der Waals surface area contributed by atoms with Gasteiger partial charge in [0.1, 0.15) is 0 Å². The molecule has 0 radical (unpaired) electrons. The molecule has 0 unspecified atom stereocenters. The van der Waals surface area contributed by atoms with Gasteiger partial charge < -0.3 is 16.4 Å². The lowest BCUT2D eigenvalue weighted by molar-refractivity contribution is 0.515. The normalized spacial score (nSPS) is 17.6. The van der Waals surface area contributed by atoms with Crippen LogP contribution in [0.5, 0.6) is 0 Å². The zero-order chi connectivity index (χ0) is 8.55. The fourth-order valence-corrected chi connectivity index (χ4v) is 1.36. The molecule has 64 valence electrons. The third-order valence-electron chi connectivity index (χ3n) is 2.03. The molecule has 0 aliphatic carbocycles. The van der Waals surface area contributed by atoms with Gasteiger partial charge in [0.05, 0.1) is 5.69 Å². The number of anilines is 2. The highest BCUT2D eigenvalue weighted by Gasteiger charge is 2.25. The monoisotopic (exact) mass is 164 g/mol. The molecule has 1 aliphatic heterocycles. The molecule has 1 aromatic rings. The molecule has 12 heavy (non-hydrogen) atoms. The first-order chi connectivity index (χ1) is 5.77. The minimum atomic E-state index is 0.284. The van der Waals surface area contributed by atoms with Gasteiger partial charge in [-0.15, -0.1) is 0 Å². The zero-order valence-corrected chi connectivity index (χ0v) is 6.77. The van der Waals surface area contributed by atoms with Crippen molar-refractivity contribution in [3.63, 3.8) is 0 Å². The first-order valence-corrected chi connectivity index (χ1v) is 3.98. The van der Waals surface area contributed by atoms with Gasteiger partial charge in [0.15, 0.2) is 5.82 Å². The third kappa shape index (κ3) is 1.10.